The SMILES string of the molecule is COC(=O)CCNCCO[Si](C)(C)C(C)(C)C. The standard InChI is InChI=1S/C12H27NO3Si/c1-12(2,3)17(5,6)16-10-9-13-8-7-11(14)15-4/h13H,7-10H2,1-6H3. The maximum atomic E-state index is 10.8. The summed E-state index contributed by atoms with van der Waals surface area (Å²) in [6.07, 6.45) is 0.413. The summed E-state index contributed by atoms with van der Waals surface area (Å²) in [5, 5.41) is 3.42. The summed E-state index contributed by atoms with van der Waals surface area (Å²) in [6, 6.07) is 0. The Balaban J connectivity index is 3.62. The monoisotopic (exact) mass is 261 g/mol. The van der Waals surface area contributed by atoms with Crippen molar-refractivity contribution in [3.05, 3.63) is 0 Å². The average Bonchev–Trinajstić information content (AvgIpc) is 2.21. The maximum Gasteiger partial charge on any atom is 0.306 e. The van der Waals surface area contributed by atoms with Gasteiger partial charge in [-0.15, -0.1) is 0 Å². The molecule has 0 aliphatic carbocycles. The lowest BCUT2D eigenvalue weighted by molar-refractivity contribution is -0.140. The van der Waals surface area contributed by atoms with Crippen LogP contribution in [-0.4, -0.2) is 41.1 Å². The van der Waals surface area contributed by atoms with Gasteiger partial charge in [0.05, 0.1) is 13.5 Å². The average molecular weight is 261 g/mol. The van der Waals surface area contributed by atoms with Crippen molar-refractivity contribution < 1.29 is 14.0 Å². The van der Waals surface area contributed by atoms with Gasteiger partial charge in [-0.05, 0) is 18.1 Å². The minimum Gasteiger partial charge on any atom is -0.469 e. The number of carbonyl (C=O) groups is 1. The Kier molecular flexibility index (Phi) is 6.97. The van der Waals surface area contributed by atoms with E-state index in [9.17, 15) is 4.79 Å². The number of carbonyl (C=O) groups excluding carboxylic acids is 1. The Morgan fingerprint density at radius 3 is 2.29 bits per heavy atom. The first-order valence-corrected chi connectivity index (χ1v) is 9.03. The number of hydrogen-bond donors (Lipinski definition) is 1. The van der Waals surface area contributed by atoms with Crippen LogP contribution in [0.3, 0.4) is 0 Å². The summed E-state index contributed by atoms with van der Waals surface area (Å²) in [7, 11) is -0.220. The zero-order valence-electron chi connectivity index (χ0n) is 12.1. The van der Waals surface area contributed by atoms with Gasteiger partial charge >= 0.3 is 5.97 Å². The third-order valence-corrected chi connectivity index (χ3v) is 7.82. The molecule has 0 fully saturated rings. The molecule has 0 aliphatic rings. The van der Waals surface area contributed by atoms with Crippen LogP contribution in [0.1, 0.15) is 27.2 Å². The molecule has 1 N–H and O–H groups in total. The Labute approximate surface area is 106 Å². The van der Waals surface area contributed by atoms with Crippen molar-refractivity contribution in [2.75, 3.05) is 26.8 Å². The topological polar surface area (TPSA) is 47.6 Å². The molecule has 0 saturated heterocycles. The fraction of sp³-hybridized carbons (Fsp3) is 0.917. The number of esters is 1. The largest absolute Gasteiger partial charge is 0.469 e. The Bertz CT molecular complexity index is 236. The number of methoxy groups -OCH3 is 1. The van der Waals surface area contributed by atoms with Crippen molar-refractivity contribution in [3.8, 4) is 0 Å². The van der Waals surface area contributed by atoms with E-state index in [4.69, 9.17) is 4.43 Å². The van der Waals surface area contributed by atoms with Crippen molar-refractivity contribution >= 4 is 14.3 Å². The fourth-order valence-corrected chi connectivity index (χ4v) is 2.06. The van der Waals surface area contributed by atoms with E-state index in [1.54, 1.807) is 0 Å². The highest BCUT2D eigenvalue weighted by Crippen LogP contribution is 2.36. The quantitative estimate of drug-likeness (QED) is 0.433. The van der Waals surface area contributed by atoms with Gasteiger partial charge < -0.3 is 14.5 Å². The van der Waals surface area contributed by atoms with Crippen LogP contribution in [0.25, 0.3) is 0 Å². The van der Waals surface area contributed by atoms with Gasteiger partial charge in [-0.2, -0.15) is 0 Å². The lowest BCUT2D eigenvalue weighted by Gasteiger charge is -2.36. The van der Waals surface area contributed by atoms with Crippen LogP contribution < -0.4 is 5.32 Å². The number of hydrogen-bond acceptors (Lipinski definition) is 4. The van der Waals surface area contributed by atoms with Crippen LogP contribution >= 0.6 is 0 Å². The number of rotatable bonds is 7. The van der Waals surface area contributed by atoms with Crippen LogP contribution in [0.15, 0.2) is 0 Å². The third kappa shape index (κ3) is 6.80. The minimum absolute atomic E-state index is 0.178. The van der Waals surface area contributed by atoms with Crippen molar-refractivity contribution in [1.29, 1.82) is 0 Å². The third-order valence-electron chi connectivity index (χ3n) is 3.28. The smallest absolute Gasteiger partial charge is 0.306 e. The van der Waals surface area contributed by atoms with Crippen molar-refractivity contribution in [2.45, 2.75) is 45.3 Å². The predicted octanol–water partition coefficient (Wildman–Crippen LogP) is 2.16. The van der Waals surface area contributed by atoms with E-state index < -0.39 is 8.32 Å². The Hall–Kier alpha value is -0.393. The van der Waals surface area contributed by atoms with Crippen molar-refractivity contribution in [2.24, 2.45) is 0 Å². The van der Waals surface area contributed by atoms with Crippen LogP contribution in [0.4, 0.5) is 0 Å². The molecule has 0 heterocycles. The molecule has 5 heteroatoms. The molecule has 0 aliphatic heterocycles. The first kappa shape index (κ1) is 16.6. The summed E-state index contributed by atoms with van der Waals surface area (Å²) >= 11 is 0. The van der Waals surface area contributed by atoms with Crippen LogP contribution in [-0.2, 0) is 14.0 Å². The summed E-state index contributed by atoms with van der Waals surface area (Å²) in [4.78, 5) is 10.8. The second-order valence-electron chi connectivity index (χ2n) is 5.68. The van der Waals surface area contributed by atoms with Crippen LogP contribution in [0, 0.1) is 0 Å². The lowest BCUT2D eigenvalue weighted by atomic mass is 10.2. The van der Waals surface area contributed by atoms with Gasteiger partial charge in [-0.3, -0.25) is 4.79 Å². The van der Waals surface area contributed by atoms with E-state index in [-0.39, 0.29) is 11.0 Å². The second kappa shape index (κ2) is 7.13. The molecular weight excluding hydrogens is 234 g/mol. The Morgan fingerprint density at radius 2 is 1.82 bits per heavy atom. The van der Waals surface area contributed by atoms with E-state index >= 15 is 0 Å². The molecule has 0 aromatic heterocycles. The van der Waals surface area contributed by atoms with E-state index in [1.165, 1.54) is 7.11 Å². The maximum absolute atomic E-state index is 10.8. The summed E-state index contributed by atoms with van der Waals surface area (Å²) in [6.45, 7) is 13.3. The lowest BCUT2D eigenvalue weighted by Crippen LogP contribution is -2.42. The van der Waals surface area contributed by atoms with Gasteiger partial charge in [0, 0.05) is 19.7 Å². The highest BCUT2D eigenvalue weighted by Gasteiger charge is 2.36. The zero-order valence-corrected chi connectivity index (χ0v) is 13.1. The van der Waals surface area contributed by atoms with Crippen LogP contribution in [0.2, 0.25) is 18.1 Å². The van der Waals surface area contributed by atoms with E-state index in [1.807, 2.05) is 0 Å². The van der Waals surface area contributed by atoms with Gasteiger partial charge in [-0.25, -0.2) is 0 Å². The highest BCUT2D eigenvalue weighted by molar-refractivity contribution is 6.74. The molecule has 0 spiro atoms. The molecule has 0 amide bonds. The second-order valence-corrected chi connectivity index (χ2v) is 10.5. The van der Waals surface area contributed by atoms with Gasteiger partial charge in [0.25, 0.3) is 0 Å². The van der Waals surface area contributed by atoms with Crippen LogP contribution in [0.5, 0.6) is 0 Å². The van der Waals surface area contributed by atoms with E-state index in [0.717, 1.165) is 6.54 Å². The summed E-state index contributed by atoms with van der Waals surface area (Å²) < 4.78 is 10.5. The normalized spacial score (nSPS) is 12.6. The van der Waals surface area contributed by atoms with E-state index in [2.05, 4.69) is 43.9 Å². The first-order valence-electron chi connectivity index (χ1n) is 6.12. The summed E-state index contributed by atoms with van der Waals surface area (Å²) in [5.41, 5.74) is 0. The molecule has 0 aromatic carbocycles. The Morgan fingerprint density at radius 1 is 1.24 bits per heavy atom. The number of nitrogens with one attached hydrogen (secondary N) is 1. The zero-order chi connectivity index (χ0) is 13.5. The first-order chi connectivity index (χ1) is 7.70. The van der Waals surface area contributed by atoms with Gasteiger partial charge in [-0.1, -0.05) is 20.8 Å². The molecule has 0 bridgehead atoms. The molecular formula is C12H27NO3Si. The predicted molar refractivity (Wildman–Crippen MR) is 72.7 cm³/mol. The molecule has 0 rings (SSSR count). The van der Waals surface area contributed by atoms with E-state index in [0.29, 0.717) is 19.6 Å². The molecule has 0 radical (unpaired) electrons. The van der Waals surface area contributed by atoms with Gasteiger partial charge in [0.15, 0.2) is 8.32 Å². The molecule has 4 nitrogen and oxygen atoms in total. The minimum atomic E-state index is -1.63. The van der Waals surface area contributed by atoms with Crippen molar-refractivity contribution in [1.82, 2.24) is 5.32 Å². The highest BCUT2D eigenvalue weighted by atomic mass is 28.4. The van der Waals surface area contributed by atoms with Gasteiger partial charge in [0.1, 0.15) is 0 Å². The molecule has 0 aromatic rings. The summed E-state index contributed by atoms with van der Waals surface area (Å²) in [5.74, 6) is -0.178. The molecule has 0 unspecified atom stereocenters. The number of ether oxygens (including phenoxy) is 1. The molecule has 0 saturated carbocycles. The fourth-order valence-electron chi connectivity index (χ4n) is 1.01. The molecule has 0 atom stereocenters. The van der Waals surface area contributed by atoms with Crippen molar-refractivity contribution in [3.63, 3.8) is 0 Å². The molecule has 17 heavy (non-hydrogen) atoms. The molecule has 102 valence electrons. The van der Waals surface area contributed by atoms with Gasteiger partial charge in [0.2, 0.25) is 0 Å².